The molecular weight excluding hydrogens is 347 g/mol. The topological polar surface area (TPSA) is 90.1 Å². The molecule has 0 aliphatic carbocycles. The van der Waals surface area contributed by atoms with Crippen molar-refractivity contribution >= 4 is 21.9 Å². The summed E-state index contributed by atoms with van der Waals surface area (Å²) in [6.45, 7) is 0.147. The van der Waals surface area contributed by atoms with Crippen molar-refractivity contribution < 1.29 is 19.0 Å². The van der Waals surface area contributed by atoms with Gasteiger partial charge in [-0.25, -0.2) is 9.07 Å². The highest BCUT2D eigenvalue weighted by Gasteiger charge is 2.19. The summed E-state index contributed by atoms with van der Waals surface area (Å²) in [6.07, 6.45) is -0.766. The van der Waals surface area contributed by atoms with E-state index in [1.54, 1.807) is 6.07 Å². The smallest absolute Gasteiger partial charge is 0.306 e. The Labute approximate surface area is 127 Å². The fourth-order valence-electron chi connectivity index (χ4n) is 1.80. The molecule has 0 bridgehead atoms. The lowest BCUT2D eigenvalue weighted by Gasteiger charge is -2.14. The van der Waals surface area contributed by atoms with Crippen molar-refractivity contribution in [3.8, 4) is 11.4 Å². The number of carbonyl (C=O) groups is 1. The highest BCUT2D eigenvalue weighted by Crippen LogP contribution is 2.27. The summed E-state index contributed by atoms with van der Waals surface area (Å²) < 4.78 is 20.5. The molecule has 0 saturated carbocycles. The molecule has 1 heterocycles. The van der Waals surface area contributed by atoms with E-state index in [4.69, 9.17) is 9.84 Å². The van der Waals surface area contributed by atoms with E-state index >= 15 is 0 Å². The number of tetrazole rings is 1. The van der Waals surface area contributed by atoms with Crippen LogP contribution in [0, 0.1) is 5.82 Å². The number of benzene rings is 1. The Morgan fingerprint density at radius 3 is 3.00 bits per heavy atom. The average Bonchev–Trinajstić information content (AvgIpc) is 2.88. The molecule has 2 rings (SSSR count). The first-order chi connectivity index (χ1) is 10.0. The maximum Gasteiger partial charge on any atom is 0.306 e. The molecule has 1 unspecified atom stereocenters. The molecule has 9 heteroatoms. The van der Waals surface area contributed by atoms with E-state index < -0.39 is 17.9 Å². The van der Waals surface area contributed by atoms with Gasteiger partial charge in [-0.3, -0.25) is 4.79 Å². The van der Waals surface area contributed by atoms with Gasteiger partial charge < -0.3 is 9.84 Å². The summed E-state index contributed by atoms with van der Waals surface area (Å²) in [7, 11) is 1.41. The SMILES string of the molecule is COC(CC(=O)O)Cn1nnnc1-c1cc(F)ccc1Br. The van der Waals surface area contributed by atoms with Gasteiger partial charge in [0.2, 0.25) is 0 Å². The molecule has 1 N–H and O–H groups in total. The molecule has 0 aliphatic heterocycles. The van der Waals surface area contributed by atoms with Crippen LogP contribution in [0.5, 0.6) is 0 Å². The van der Waals surface area contributed by atoms with Gasteiger partial charge in [-0.2, -0.15) is 0 Å². The minimum atomic E-state index is -0.983. The van der Waals surface area contributed by atoms with E-state index in [-0.39, 0.29) is 13.0 Å². The molecule has 1 aromatic carbocycles. The zero-order chi connectivity index (χ0) is 15.4. The Bertz CT molecular complexity index is 649. The molecule has 0 fully saturated rings. The van der Waals surface area contributed by atoms with E-state index in [9.17, 15) is 9.18 Å². The Kier molecular flexibility index (Phi) is 4.97. The number of nitrogens with zero attached hydrogens (tertiary/aromatic N) is 4. The maximum atomic E-state index is 13.4. The third-order valence-corrected chi connectivity index (χ3v) is 3.50. The number of aromatic nitrogens is 4. The van der Waals surface area contributed by atoms with Gasteiger partial charge in [-0.05, 0) is 28.6 Å². The quantitative estimate of drug-likeness (QED) is 0.845. The van der Waals surface area contributed by atoms with Crippen LogP contribution in [0.15, 0.2) is 22.7 Å². The molecule has 2 aromatic rings. The van der Waals surface area contributed by atoms with Crippen molar-refractivity contribution in [2.24, 2.45) is 0 Å². The first-order valence-corrected chi connectivity index (χ1v) is 6.76. The lowest BCUT2D eigenvalue weighted by molar-refractivity contribution is -0.140. The lowest BCUT2D eigenvalue weighted by Crippen LogP contribution is -2.23. The summed E-state index contributed by atoms with van der Waals surface area (Å²) >= 11 is 3.31. The number of ether oxygens (including phenoxy) is 1. The number of halogens is 2. The van der Waals surface area contributed by atoms with Crippen LogP contribution >= 0.6 is 15.9 Å². The van der Waals surface area contributed by atoms with Gasteiger partial charge in [0.15, 0.2) is 5.82 Å². The first-order valence-electron chi connectivity index (χ1n) is 5.97. The largest absolute Gasteiger partial charge is 0.481 e. The first kappa shape index (κ1) is 15.5. The molecule has 0 radical (unpaired) electrons. The van der Waals surface area contributed by atoms with Crippen LogP contribution in [0.25, 0.3) is 11.4 Å². The predicted molar refractivity (Wildman–Crippen MR) is 74.0 cm³/mol. The van der Waals surface area contributed by atoms with Crippen molar-refractivity contribution in [2.45, 2.75) is 19.1 Å². The summed E-state index contributed by atoms with van der Waals surface area (Å²) in [5.74, 6) is -1.08. The van der Waals surface area contributed by atoms with Crippen LogP contribution in [-0.2, 0) is 16.1 Å². The second-order valence-electron chi connectivity index (χ2n) is 4.26. The summed E-state index contributed by atoms with van der Waals surface area (Å²) in [5, 5.41) is 20.0. The molecule has 0 amide bonds. The van der Waals surface area contributed by atoms with Gasteiger partial charge in [0, 0.05) is 17.1 Å². The standard InChI is InChI=1S/C12H12BrFN4O3/c1-21-8(5-11(19)20)6-18-12(15-16-17-18)9-4-7(14)2-3-10(9)13/h2-4,8H,5-6H2,1H3,(H,19,20). The molecule has 0 aliphatic rings. The van der Waals surface area contributed by atoms with Crippen LogP contribution in [0.2, 0.25) is 0 Å². The predicted octanol–water partition coefficient (Wildman–Crippen LogP) is 1.73. The molecule has 0 saturated heterocycles. The Morgan fingerprint density at radius 2 is 2.33 bits per heavy atom. The zero-order valence-corrected chi connectivity index (χ0v) is 12.6. The van der Waals surface area contributed by atoms with Gasteiger partial charge in [-0.1, -0.05) is 15.9 Å². The number of aliphatic carboxylic acids is 1. The second kappa shape index (κ2) is 6.72. The third-order valence-electron chi connectivity index (χ3n) is 2.81. The Morgan fingerprint density at radius 1 is 1.57 bits per heavy atom. The minimum Gasteiger partial charge on any atom is -0.481 e. The number of hydrogen-bond acceptors (Lipinski definition) is 5. The highest BCUT2D eigenvalue weighted by atomic mass is 79.9. The maximum absolute atomic E-state index is 13.4. The Balaban J connectivity index is 2.30. The number of hydrogen-bond donors (Lipinski definition) is 1. The molecule has 112 valence electrons. The number of methoxy groups -OCH3 is 1. The van der Waals surface area contributed by atoms with Crippen molar-refractivity contribution in [2.75, 3.05) is 7.11 Å². The fraction of sp³-hybridized carbons (Fsp3) is 0.333. The van der Waals surface area contributed by atoms with E-state index in [1.165, 1.54) is 23.9 Å². The molecule has 0 spiro atoms. The van der Waals surface area contributed by atoms with Crippen LogP contribution in [0.1, 0.15) is 6.42 Å². The number of rotatable bonds is 6. The monoisotopic (exact) mass is 358 g/mol. The normalized spacial score (nSPS) is 12.3. The summed E-state index contributed by atoms with van der Waals surface area (Å²) in [4.78, 5) is 10.8. The van der Waals surface area contributed by atoms with E-state index in [0.717, 1.165) is 0 Å². The minimum absolute atomic E-state index is 0.147. The Hall–Kier alpha value is -1.87. The van der Waals surface area contributed by atoms with Gasteiger partial charge in [-0.15, -0.1) is 5.10 Å². The van der Waals surface area contributed by atoms with Crippen molar-refractivity contribution in [1.82, 2.24) is 20.2 Å². The summed E-state index contributed by atoms with van der Waals surface area (Å²) in [5.41, 5.74) is 0.477. The van der Waals surface area contributed by atoms with Gasteiger partial charge in [0.25, 0.3) is 0 Å². The fourth-order valence-corrected chi connectivity index (χ4v) is 2.22. The third kappa shape index (κ3) is 3.82. The van der Waals surface area contributed by atoms with E-state index in [1.807, 2.05) is 0 Å². The van der Waals surface area contributed by atoms with Gasteiger partial charge in [0.1, 0.15) is 5.82 Å². The molecular formula is C12H12BrFN4O3. The highest BCUT2D eigenvalue weighted by molar-refractivity contribution is 9.10. The molecule has 1 aromatic heterocycles. The van der Waals surface area contributed by atoms with Crippen LogP contribution in [0.4, 0.5) is 4.39 Å². The van der Waals surface area contributed by atoms with Crippen molar-refractivity contribution in [1.29, 1.82) is 0 Å². The van der Waals surface area contributed by atoms with E-state index in [2.05, 4.69) is 31.5 Å². The average molecular weight is 359 g/mol. The van der Waals surface area contributed by atoms with Crippen LogP contribution in [-0.4, -0.2) is 44.5 Å². The zero-order valence-electron chi connectivity index (χ0n) is 11.0. The van der Waals surface area contributed by atoms with Crippen molar-refractivity contribution in [3.63, 3.8) is 0 Å². The number of carboxylic acid groups (broad SMARTS) is 1. The van der Waals surface area contributed by atoms with Gasteiger partial charge >= 0.3 is 5.97 Å². The van der Waals surface area contributed by atoms with Crippen molar-refractivity contribution in [3.05, 3.63) is 28.5 Å². The molecule has 21 heavy (non-hydrogen) atoms. The summed E-state index contributed by atoms with van der Waals surface area (Å²) in [6, 6.07) is 4.16. The van der Waals surface area contributed by atoms with E-state index in [0.29, 0.717) is 15.9 Å². The number of carboxylic acids is 1. The lowest BCUT2D eigenvalue weighted by atomic mass is 10.2. The van der Waals surface area contributed by atoms with Crippen LogP contribution in [0.3, 0.4) is 0 Å². The van der Waals surface area contributed by atoms with Crippen LogP contribution < -0.4 is 0 Å². The molecule has 1 atom stereocenters. The van der Waals surface area contributed by atoms with Gasteiger partial charge in [0.05, 0.1) is 19.1 Å². The second-order valence-corrected chi connectivity index (χ2v) is 5.12. The molecule has 7 nitrogen and oxygen atoms in total.